The molecular weight excluding hydrogens is 310 g/mol. The monoisotopic (exact) mass is 325 g/mol. The Morgan fingerprint density at radius 3 is 3.00 bits per heavy atom. The van der Waals surface area contributed by atoms with Crippen molar-refractivity contribution in [3.63, 3.8) is 0 Å². The van der Waals surface area contributed by atoms with Crippen LogP contribution in [0.1, 0.15) is 11.3 Å². The topological polar surface area (TPSA) is 52.6 Å². The molecule has 4 aromatic rings. The number of ether oxygens (including phenoxy) is 1. The van der Waals surface area contributed by atoms with Crippen LogP contribution in [0.25, 0.3) is 16.6 Å². The van der Waals surface area contributed by atoms with E-state index in [0.29, 0.717) is 0 Å². The summed E-state index contributed by atoms with van der Waals surface area (Å²) in [5, 5.41) is 9.29. The first-order valence-electron chi connectivity index (χ1n) is 7.23. The van der Waals surface area contributed by atoms with Gasteiger partial charge in [0.1, 0.15) is 22.9 Å². The van der Waals surface area contributed by atoms with Crippen LogP contribution in [-0.2, 0) is 5.75 Å². The van der Waals surface area contributed by atoms with Gasteiger partial charge in [-0.25, -0.2) is 0 Å². The summed E-state index contributed by atoms with van der Waals surface area (Å²) in [6.07, 6.45) is 1.72. The highest BCUT2D eigenvalue weighted by Crippen LogP contribution is 2.30. The predicted molar refractivity (Wildman–Crippen MR) is 90.1 cm³/mol. The third-order valence-corrected chi connectivity index (χ3v) is 4.74. The molecule has 0 bridgehead atoms. The van der Waals surface area contributed by atoms with Crippen LogP contribution in [-0.4, -0.2) is 21.7 Å². The highest BCUT2D eigenvalue weighted by Gasteiger charge is 2.12. The summed E-state index contributed by atoms with van der Waals surface area (Å²) in [4.78, 5) is 0. The van der Waals surface area contributed by atoms with Gasteiger partial charge in [-0.2, -0.15) is 0 Å². The number of hydrogen-bond acceptors (Lipinski definition) is 5. The Balaban J connectivity index is 1.67. The molecule has 0 amide bonds. The summed E-state index contributed by atoms with van der Waals surface area (Å²) in [5.41, 5.74) is 4.09. The highest BCUT2D eigenvalue weighted by atomic mass is 32.2. The molecule has 0 fully saturated rings. The molecule has 3 heterocycles. The molecule has 116 valence electrons. The van der Waals surface area contributed by atoms with E-state index >= 15 is 0 Å². The largest absolute Gasteiger partial charge is 0.497 e. The van der Waals surface area contributed by atoms with Gasteiger partial charge >= 0.3 is 0 Å². The summed E-state index contributed by atoms with van der Waals surface area (Å²) >= 11 is 1.65. The van der Waals surface area contributed by atoms with Crippen molar-refractivity contribution in [1.29, 1.82) is 0 Å². The molecule has 4 rings (SSSR count). The van der Waals surface area contributed by atoms with Gasteiger partial charge in [0.2, 0.25) is 0 Å². The smallest absolute Gasteiger partial charge is 0.153 e. The fraction of sp³-hybridized carbons (Fsp3) is 0.176. The van der Waals surface area contributed by atoms with E-state index in [0.717, 1.165) is 38.9 Å². The van der Waals surface area contributed by atoms with Gasteiger partial charge in [0.15, 0.2) is 5.58 Å². The van der Waals surface area contributed by atoms with Crippen molar-refractivity contribution in [2.45, 2.75) is 17.7 Å². The number of benzene rings is 1. The lowest BCUT2D eigenvalue weighted by molar-refractivity contribution is 0.414. The second-order valence-corrected chi connectivity index (χ2v) is 6.25. The standard InChI is InChI=1S/C17H15N3O2S/c1-11-6-14-16(22-11)8-15-17(19-18-10-20(14)15)23-9-12-4-3-5-13(7-12)21-2/h3-8,10H,9H2,1-2H3. The van der Waals surface area contributed by atoms with Gasteiger partial charge in [-0.15, -0.1) is 10.2 Å². The zero-order valence-electron chi connectivity index (χ0n) is 12.8. The highest BCUT2D eigenvalue weighted by molar-refractivity contribution is 7.98. The predicted octanol–water partition coefficient (Wildman–Crippen LogP) is 4.08. The van der Waals surface area contributed by atoms with E-state index in [4.69, 9.17) is 9.15 Å². The maximum atomic E-state index is 5.70. The van der Waals surface area contributed by atoms with Gasteiger partial charge in [-0.05, 0) is 24.6 Å². The first-order valence-corrected chi connectivity index (χ1v) is 8.22. The van der Waals surface area contributed by atoms with Crippen LogP contribution < -0.4 is 4.74 Å². The van der Waals surface area contributed by atoms with Crippen LogP contribution in [0, 0.1) is 6.92 Å². The normalized spacial score (nSPS) is 11.4. The molecule has 5 nitrogen and oxygen atoms in total. The molecule has 0 saturated heterocycles. The van der Waals surface area contributed by atoms with Gasteiger partial charge in [0, 0.05) is 17.9 Å². The number of methoxy groups -OCH3 is 1. The molecule has 0 atom stereocenters. The minimum absolute atomic E-state index is 0.803. The van der Waals surface area contributed by atoms with Gasteiger partial charge < -0.3 is 9.15 Å². The molecule has 0 spiro atoms. The van der Waals surface area contributed by atoms with Gasteiger partial charge in [0.05, 0.1) is 18.1 Å². The maximum Gasteiger partial charge on any atom is 0.153 e. The van der Waals surface area contributed by atoms with Crippen LogP contribution in [0.2, 0.25) is 0 Å². The van der Waals surface area contributed by atoms with Crippen LogP contribution >= 0.6 is 11.8 Å². The SMILES string of the molecule is COc1cccc(CSc2nncn3c2cc2oc(C)cc23)c1. The summed E-state index contributed by atoms with van der Waals surface area (Å²) in [6, 6.07) is 12.1. The zero-order chi connectivity index (χ0) is 15.8. The molecule has 6 heteroatoms. The van der Waals surface area contributed by atoms with Crippen LogP contribution in [0.5, 0.6) is 5.75 Å². The van der Waals surface area contributed by atoms with Crippen molar-refractivity contribution in [2.24, 2.45) is 0 Å². The number of aromatic nitrogens is 3. The molecule has 0 unspecified atom stereocenters. The molecular formula is C17H15N3O2S. The molecule has 23 heavy (non-hydrogen) atoms. The summed E-state index contributed by atoms with van der Waals surface area (Å²) in [7, 11) is 1.68. The van der Waals surface area contributed by atoms with E-state index in [9.17, 15) is 0 Å². The first-order chi connectivity index (χ1) is 11.2. The lowest BCUT2D eigenvalue weighted by Gasteiger charge is -2.05. The Hall–Kier alpha value is -2.47. The van der Waals surface area contributed by atoms with E-state index in [1.54, 1.807) is 25.2 Å². The van der Waals surface area contributed by atoms with Crippen molar-refractivity contribution in [1.82, 2.24) is 14.6 Å². The number of fused-ring (bicyclic) bond motifs is 3. The Kier molecular flexibility index (Phi) is 3.46. The van der Waals surface area contributed by atoms with Crippen LogP contribution in [0.15, 0.2) is 52.2 Å². The van der Waals surface area contributed by atoms with Crippen molar-refractivity contribution in [3.05, 3.63) is 54.0 Å². The number of rotatable bonds is 4. The van der Waals surface area contributed by atoms with Crippen molar-refractivity contribution in [3.8, 4) is 5.75 Å². The van der Waals surface area contributed by atoms with Crippen molar-refractivity contribution in [2.75, 3.05) is 7.11 Å². The average molecular weight is 325 g/mol. The van der Waals surface area contributed by atoms with E-state index in [2.05, 4.69) is 16.3 Å². The third-order valence-electron chi connectivity index (χ3n) is 3.69. The van der Waals surface area contributed by atoms with Crippen molar-refractivity contribution < 1.29 is 9.15 Å². The molecule has 0 aliphatic carbocycles. The Labute approximate surface area is 137 Å². The summed E-state index contributed by atoms with van der Waals surface area (Å²) < 4.78 is 13.0. The van der Waals surface area contributed by atoms with Gasteiger partial charge in [-0.1, -0.05) is 23.9 Å². The third kappa shape index (κ3) is 2.55. The quantitative estimate of drug-likeness (QED) is 0.529. The number of furan rings is 1. The molecule has 0 aliphatic rings. The minimum atomic E-state index is 0.803. The minimum Gasteiger partial charge on any atom is -0.497 e. The maximum absolute atomic E-state index is 5.70. The average Bonchev–Trinajstić information content (AvgIpc) is 3.09. The van der Waals surface area contributed by atoms with E-state index in [-0.39, 0.29) is 0 Å². The fourth-order valence-corrected chi connectivity index (χ4v) is 3.51. The second kappa shape index (κ2) is 5.62. The molecule has 3 aromatic heterocycles. The van der Waals surface area contributed by atoms with Crippen LogP contribution in [0.4, 0.5) is 0 Å². The molecule has 0 saturated carbocycles. The summed E-state index contributed by atoms with van der Waals surface area (Å²) in [6.45, 7) is 1.94. The lowest BCUT2D eigenvalue weighted by Crippen LogP contribution is -1.93. The number of aryl methyl sites for hydroxylation is 1. The fourth-order valence-electron chi connectivity index (χ4n) is 2.62. The molecule has 0 aliphatic heterocycles. The lowest BCUT2D eigenvalue weighted by atomic mass is 10.2. The van der Waals surface area contributed by atoms with Crippen LogP contribution in [0.3, 0.4) is 0 Å². The van der Waals surface area contributed by atoms with E-state index < -0.39 is 0 Å². The van der Waals surface area contributed by atoms with E-state index in [1.807, 2.05) is 41.7 Å². The van der Waals surface area contributed by atoms with Crippen molar-refractivity contribution >= 4 is 28.4 Å². The molecule has 0 radical (unpaired) electrons. The Morgan fingerprint density at radius 1 is 1.22 bits per heavy atom. The van der Waals surface area contributed by atoms with E-state index in [1.165, 1.54) is 5.56 Å². The first kappa shape index (κ1) is 14.1. The second-order valence-electron chi connectivity index (χ2n) is 5.28. The Morgan fingerprint density at radius 2 is 2.13 bits per heavy atom. The van der Waals surface area contributed by atoms with Gasteiger partial charge in [-0.3, -0.25) is 4.40 Å². The summed E-state index contributed by atoms with van der Waals surface area (Å²) in [5.74, 6) is 2.56. The molecule has 1 aromatic carbocycles. The number of thioether (sulfide) groups is 1. The van der Waals surface area contributed by atoms with Gasteiger partial charge in [0.25, 0.3) is 0 Å². The molecule has 0 N–H and O–H groups in total. The zero-order valence-corrected chi connectivity index (χ0v) is 13.6. The number of nitrogens with zero attached hydrogens (tertiary/aromatic N) is 3. The number of hydrogen-bond donors (Lipinski definition) is 0. The Bertz CT molecular complexity index is 990.